The van der Waals surface area contributed by atoms with E-state index in [-0.39, 0.29) is 16.6 Å². The smallest absolute Gasteiger partial charge is 0.258 e. The predicted molar refractivity (Wildman–Crippen MR) is 86.6 cm³/mol. The number of fused-ring (bicyclic) bond motifs is 2. The van der Waals surface area contributed by atoms with Gasteiger partial charge in [-0.1, -0.05) is 12.5 Å². The average Bonchev–Trinajstić information content (AvgIpc) is 3.09. The number of hydrogen-bond acceptors (Lipinski definition) is 4. The van der Waals surface area contributed by atoms with Crippen molar-refractivity contribution in [3.63, 3.8) is 0 Å². The van der Waals surface area contributed by atoms with Crippen LogP contribution < -0.4 is 4.72 Å². The molecule has 1 aromatic carbocycles. The molecule has 2 fully saturated rings. The quantitative estimate of drug-likeness (QED) is 0.660. The van der Waals surface area contributed by atoms with Crippen LogP contribution in [0.1, 0.15) is 38.2 Å². The van der Waals surface area contributed by atoms with Gasteiger partial charge >= 0.3 is 0 Å². The fourth-order valence-corrected chi connectivity index (χ4v) is 5.57. The molecule has 0 radical (unpaired) electrons. The summed E-state index contributed by atoms with van der Waals surface area (Å²) in [7, 11) is -3.74. The highest BCUT2D eigenvalue weighted by atomic mass is 32.2. The summed E-state index contributed by atoms with van der Waals surface area (Å²) in [6, 6.07) is 3.91. The minimum atomic E-state index is -3.74. The molecule has 4 atom stereocenters. The Labute approximate surface area is 136 Å². The molecule has 0 aliphatic heterocycles. The predicted octanol–water partition coefficient (Wildman–Crippen LogP) is 3.01. The Hall–Kier alpha value is -1.47. The fourth-order valence-electron chi connectivity index (χ4n) is 4.26. The highest BCUT2D eigenvalue weighted by Gasteiger charge is 2.42. The largest absolute Gasteiger partial charge is 0.273 e. The maximum atomic E-state index is 12.6. The number of aryl methyl sites for hydroxylation is 1. The summed E-state index contributed by atoms with van der Waals surface area (Å²) in [5.74, 6) is 1.74. The van der Waals surface area contributed by atoms with Gasteiger partial charge in [0, 0.05) is 17.7 Å². The summed E-state index contributed by atoms with van der Waals surface area (Å²) >= 11 is 0. The lowest BCUT2D eigenvalue weighted by Crippen LogP contribution is -2.40. The normalized spacial score (nSPS) is 28.0. The molecule has 0 spiro atoms. The molecule has 3 rings (SSSR count). The molecular weight excluding hydrogens is 316 g/mol. The minimum absolute atomic E-state index is 0.0372. The van der Waals surface area contributed by atoms with Crippen molar-refractivity contribution in [1.82, 2.24) is 4.72 Å². The van der Waals surface area contributed by atoms with Crippen molar-refractivity contribution in [2.75, 3.05) is 0 Å². The molecule has 2 bridgehead atoms. The summed E-state index contributed by atoms with van der Waals surface area (Å²) in [4.78, 5) is 10.4. The van der Waals surface area contributed by atoms with Crippen molar-refractivity contribution in [3.8, 4) is 0 Å². The van der Waals surface area contributed by atoms with Crippen LogP contribution in [0.3, 0.4) is 0 Å². The van der Waals surface area contributed by atoms with E-state index in [1.54, 1.807) is 6.92 Å². The van der Waals surface area contributed by atoms with E-state index in [0.29, 0.717) is 17.4 Å². The Morgan fingerprint density at radius 3 is 2.61 bits per heavy atom. The molecular formula is C16H22N2O4S. The summed E-state index contributed by atoms with van der Waals surface area (Å²) in [6.45, 7) is 3.51. The van der Waals surface area contributed by atoms with Crippen molar-refractivity contribution in [1.29, 1.82) is 0 Å². The highest BCUT2D eigenvalue weighted by Crippen LogP contribution is 2.49. The van der Waals surface area contributed by atoms with Gasteiger partial charge in [-0.05, 0) is 56.9 Å². The third kappa shape index (κ3) is 3.12. The van der Waals surface area contributed by atoms with Crippen LogP contribution in [0.4, 0.5) is 5.69 Å². The topological polar surface area (TPSA) is 89.3 Å². The Morgan fingerprint density at radius 2 is 2.04 bits per heavy atom. The number of nitro groups is 1. The van der Waals surface area contributed by atoms with Gasteiger partial charge in [0.25, 0.3) is 5.69 Å². The van der Waals surface area contributed by atoms with Gasteiger partial charge in [-0.2, -0.15) is 0 Å². The van der Waals surface area contributed by atoms with Gasteiger partial charge in [0.05, 0.1) is 9.82 Å². The molecule has 2 aliphatic rings. The Balaban J connectivity index is 1.79. The minimum Gasteiger partial charge on any atom is -0.258 e. The lowest BCUT2D eigenvalue weighted by molar-refractivity contribution is -0.385. The molecule has 23 heavy (non-hydrogen) atoms. The van der Waals surface area contributed by atoms with Crippen LogP contribution in [0.5, 0.6) is 0 Å². The van der Waals surface area contributed by atoms with E-state index in [2.05, 4.69) is 4.72 Å². The van der Waals surface area contributed by atoms with Crippen molar-refractivity contribution in [2.45, 2.75) is 50.5 Å². The molecule has 2 aliphatic carbocycles. The van der Waals surface area contributed by atoms with E-state index >= 15 is 0 Å². The molecule has 0 aromatic heterocycles. The van der Waals surface area contributed by atoms with E-state index in [0.717, 1.165) is 18.4 Å². The third-order valence-electron chi connectivity index (χ3n) is 5.46. The fraction of sp³-hybridized carbons (Fsp3) is 0.625. The van der Waals surface area contributed by atoms with Crippen LogP contribution >= 0.6 is 0 Å². The molecule has 0 amide bonds. The molecule has 0 saturated heterocycles. The Bertz CT molecular complexity index is 732. The average molecular weight is 338 g/mol. The number of nitrogens with one attached hydrogen (secondary N) is 1. The molecule has 1 N–H and O–H groups in total. The molecule has 7 heteroatoms. The zero-order valence-corrected chi connectivity index (χ0v) is 14.2. The number of hydrogen-bond donors (Lipinski definition) is 1. The van der Waals surface area contributed by atoms with Crippen molar-refractivity contribution in [2.24, 2.45) is 17.8 Å². The second-order valence-electron chi connectivity index (χ2n) is 6.95. The summed E-state index contributed by atoms with van der Waals surface area (Å²) in [5, 5.41) is 11.0. The summed E-state index contributed by atoms with van der Waals surface area (Å²) in [5.41, 5.74) is 0.288. The van der Waals surface area contributed by atoms with E-state index in [9.17, 15) is 18.5 Å². The first-order valence-electron chi connectivity index (χ1n) is 8.05. The van der Waals surface area contributed by atoms with Crippen LogP contribution in [-0.2, 0) is 10.0 Å². The molecule has 1 aromatic rings. The lowest BCUT2D eigenvalue weighted by Gasteiger charge is -2.28. The van der Waals surface area contributed by atoms with Gasteiger partial charge in [-0.3, -0.25) is 10.1 Å². The number of sulfonamides is 1. The van der Waals surface area contributed by atoms with Gasteiger partial charge in [0.2, 0.25) is 10.0 Å². The van der Waals surface area contributed by atoms with Crippen LogP contribution in [0, 0.1) is 34.8 Å². The first-order valence-corrected chi connectivity index (χ1v) is 9.53. The maximum absolute atomic E-state index is 12.6. The first kappa shape index (κ1) is 16.4. The summed E-state index contributed by atoms with van der Waals surface area (Å²) < 4.78 is 27.9. The van der Waals surface area contributed by atoms with E-state index in [1.165, 1.54) is 31.4 Å². The number of nitrogens with zero attached hydrogens (tertiary/aromatic N) is 1. The van der Waals surface area contributed by atoms with Crippen molar-refractivity contribution < 1.29 is 13.3 Å². The third-order valence-corrected chi connectivity index (χ3v) is 7.02. The summed E-state index contributed by atoms with van der Waals surface area (Å²) in [6.07, 6.45) is 4.76. The Morgan fingerprint density at radius 1 is 1.30 bits per heavy atom. The second kappa shape index (κ2) is 5.87. The monoisotopic (exact) mass is 338 g/mol. The zero-order chi connectivity index (χ0) is 16.8. The standard InChI is InChI=1S/C16H22N2O4S/c1-10-3-6-14(9-16(10)18(19)20)23(21,22)17-11(2)15-8-12-4-5-13(15)7-12/h3,6,9,11-13,15,17H,4-5,7-8H2,1-2H3. The first-order chi connectivity index (χ1) is 10.8. The Kier molecular flexibility index (Phi) is 4.18. The second-order valence-corrected chi connectivity index (χ2v) is 8.67. The molecule has 2 saturated carbocycles. The lowest BCUT2D eigenvalue weighted by atomic mass is 9.84. The van der Waals surface area contributed by atoms with Crippen LogP contribution in [0.15, 0.2) is 23.1 Å². The van der Waals surface area contributed by atoms with Gasteiger partial charge < -0.3 is 0 Å². The molecule has 0 heterocycles. The molecule has 6 nitrogen and oxygen atoms in total. The number of rotatable bonds is 5. The van der Waals surface area contributed by atoms with Crippen LogP contribution in [-0.4, -0.2) is 19.4 Å². The SMILES string of the molecule is Cc1ccc(S(=O)(=O)NC(C)C2CC3CCC2C3)cc1[N+](=O)[O-]. The van der Waals surface area contributed by atoms with Gasteiger partial charge in [0.1, 0.15) is 0 Å². The molecule has 126 valence electrons. The van der Waals surface area contributed by atoms with E-state index in [1.807, 2.05) is 6.92 Å². The number of benzene rings is 1. The van der Waals surface area contributed by atoms with Crippen molar-refractivity contribution >= 4 is 15.7 Å². The van der Waals surface area contributed by atoms with Crippen LogP contribution in [0.25, 0.3) is 0 Å². The zero-order valence-electron chi connectivity index (χ0n) is 13.4. The van der Waals surface area contributed by atoms with E-state index in [4.69, 9.17) is 0 Å². The number of nitro benzene ring substituents is 1. The van der Waals surface area contributed by atoms with Gasteiger partial charge in [-0.15, -0.1) is 0 Å². The van der Waals surface area contributed by atoms with Gasteiger partial charge in [0.15, 0.2) is 0 Å². The molecule has 4 unspecified atom stereocenters. The van der Waals surface area contributed by atoms with Crippen LogP contribution in [0.2, 0.25) is 0 Å². The van der Waals surface area contributed by atoms with Gasteiger partial charge in [-0.25, -0.2) is 13.1 Å². The van der Waals surface area contributed by atoms with Crippen molar-refractivity contribution in [3.05, 3.63) is 33.9 Å². The highest BCUT2D eigenvalue weighted by molar-refractivity contribution is 7.89. The maximum Gasteiger partial charge on any atom is 0.273 e. The van der Waals surface area contributed by atoms with E-state index < -0.39 is 14.9 Å².